The van der Waals surface area contributed by atoms with E-state index in [1.165, 1.54) is 19.3 Å². The fourth-order valence-electron chi connectivity index (χ4n) is 4.90. The van der Waals surface area contributed by atoms with Crippen LogP contribution in [0.15, 0.2) is 36.4 Å². The van der Waals surface area contributed by atoms with Crippen LogP contribution in [0.4, 0.5) is 0 Å². The van der Waals surface area contributed by atoms with Crippen molar-refractivity contribution >= 4 is 40.7 Å². The summed E-state index contributed by atoms with van der Waals surface area (Å²) in [7, 11) is 0. The SMILES string of the molecule is CCC(CC)CCC(C)CNC(=O)c1nn(-c2ccc(Cl)cc2Cl)c2c1CCc1cc(Cl)ccc1-2. The molecule has 186 valence electrons. The van der Waals surface area contributed by atoms with E-state index in [9.17, 15) is 4.79 Å². The van der Waals surface area contributed by atoms with E-state index in [0.717, 1.165) is 41.1 Å². The normalized spacial score (nSPS) is 13.5. The summed E-state index contributed by atoms with van der Waals surface area (Å²) < 4.78 is 1.78. The van der Waals surface area contributed by atoms with Crippen LogP contribution in [0.5, 0.6) is 0 Å². The first-order chi connectivity index (χ1) is 16.8. The van der Waals surface area contributed by atoms with Gasteiger partial charge in [0.1, 0.15) is 0 Å². The molecule has 1 unspecified atom stereocenters. The highest BCUT2D eigenvalue weighted by molar-refractivity contribution is 6.35. The first kappa shape index (κ1) is 26.1. The maximum Gasteiger partial charge on any atom is 0.272 e. The number of hydrogen-bond acceptors (Lipinski definition) is 2. The van der Waals surface area contributed by atoms with E-state index in [1.54, 1.807) is 16.8 Å². The largest absolute Gasteiger partial charge is 0.350 e. The molecule has 0 aliphatic heterocycles. The van der Waals surface area contributed by atoms with Crippen molar-refractivity contribution in [1.29, 1.82) is 0 Å². The lowest BCUT2D eigenvalue weighted by molar-refractivity contribution is 0.0940. The molecule has 2 aromatic carbocycles. The van der Waals surface area contributed by atoms with Crippen molar-refractivity contribution in [3.8, 4) is 16.9 Å². The van der Waals surface area contributed by atoms with Crippen LogP contribution in [0.1, 0.15) is 68.1 Å². The highest BCUT2D eigenvalue weighted by Gasteiger charge is 2.29. The fraction of sp³-hybridized carbons (Fsp3) is 0.429. The van der Waals surface area contributed by atoms with Crippen LogP contribution in [0.2, 0.25) is 15.1 Å². The minimum absolute atomic E-state index is 0.142. The molecule has 0 saturated carbocycles. The summed E-state index contributed by atoms with van der Waals surface area (Å²) in [6.07, 6.45) is 6.23. The van der Waals surface area contributed by atoms with Crippen molar-refractivity contribution in [2.24, 2.45) is 11.8 Å². The van der Waals surface area contributed by atoms with Gasteiger partial charge in [-0.15, -0.1) is 0 Å². The van der Waals surface area contributed by atoms with E-state index in [-0.39, 0.29) is 5.91 Å². The van der Waals surface area contributed by atoms with E-state index in [2.05, 4.69) is 26.1 Å². The Morgan fingerprint density at radius 1 is 1.03 bits per heavy atom. The van der Waals surface area contributed by atoms with Gasteiger partial charge in [0.25, 0.3) is 5.91 Å². The third-order valence-corrected chi connectivity index (χ3v) is 7.91. The number of benzene rings is 2. The number of carbonyl (C=O) groups excluding carboxylic acids is 1. The molecule has 1 aliphatic carbocycles. The molecule has 1 N–H and O–H groups in total. The molecule has 7 heteroatoms. The van der Waals surface area contributed by atoms with E-state index in [1.807, 2.05) is 24.3 Å². The predicted molar refractivity (Wildman–Crippen MR) is 146 cm³/mol. The molecule has 1 amide bonds. The van der Waals surface area contributed by atoms with Crippen LogP contribution in [0, 0.1) is 11.8 Å². The Hall–Kier alpha value is -2.01. The summed E-state index contributed by atoms with van der Waals surface area (Å²) in [6.45, 7) is 7.33. The highest BCUT2D eigenvalue weighted by atomic mass is 35.5. The number of rotatable bonds is 9. The molecular formula is C28H32Cl3N3O. The molecule has 3 aromatic rings. The summed E-state index contributed by atoms with van der Waals surface area (Å²) in [5.41, 5.74) is 5.13. The van der Waals surface area contributed by atoms with Crippen molar-refractivity contribution in [1.82, 2.24) is 15.1 Å². The standard InChI is InChI=1S/C28H32Cl3N3O/c1-4-18(5-2)7-6-17(3)16-32-28(35)26-23-11-8-19-14-20(29)9-12-22(19)27(23)34(33-26)25-13-10-21(30)15-24(25)31/h9-10,12-15,17-18H,4-8,11,16H2,1-3H3,(H,32,35). The number of nitrogens with zero attached hydrogens (tertiary/aromatic N) is 2. The minimum atomic E-state index is -0.142. The quantitative estimate of drug-likeness (QED) is 0.302. The van der Waals surface area contributed by atoms with Gasteiger partial charge in [0, 0.05) is 27.7 Å². The molecule has 0 fully saturated rings. The Labute approximate surface area is 223 Å². The first-order valence-corrected chi connectivity index (χ1v) is 13.6. The topological polar surface area (TPSA) is 46.9 Å². The average molecular weight is 533 g/mol. The minimum Gasteiger partial charge on any atom is -0.350 e. The van der Waals surface area contributed by atoms with Crippen molar-refractivity contribution < 1.29 is 4.79 Å². The molecule has 0 radical (unpaired) electrons. The van der Waals surface area contributed by atoms with Gasteiger partial charge in [0.15, 0.2) is 5.69 Å². The van der Waals surface area contributed by atoms with Crippen molar-refractivity contribution in [3.63, 3.8) is 0 Å². The smallest absolute Gasteiger partial charge is 0.272 e. The van der Waals surface area contributed by atoms with Gasteiger partial charge >= 0.3 is 0 Å². The number of aryl methyl sites for hydroxylation is 1. The van der Waals surface area contributed by atoms with E-state index in [4.69, 9.17) is 39.9 Å². The van der Waals surface area contributed by atoms with E-state index < -0.39 is 0 Å². The van der Waals surface area contributed by atoms with Crippen LogP contribution >= 0.6 is 34.8 Å². The van der Waals surface area contributed by atoms with Crippen LogP contribution in [-0.2, 0) is 12.8 Å². The lowest BCUT2D eigenvalue weighted by atomic mass is 9.88. The third kappa shape index (κ3) is 5.71. The van der Waals surface area contributed by atoms with Gasteiger partial charge in [-0.3, -0.25) is 4.79 Å². The second kappa shape index (κ2) is 11.4. The summed E-state index contributed by atoms with van der Waals surface area (Å²) in [5, 5.41) is 9.66. The Morgan fingerprint density at radius 2 is 1.74 bits per heavy atom. The van der Waals surface area contributed by atoms with Crippen LogP contribution in [0.25, 0.3) is 16.9 Å². The van der Waals surface area contributed by atoms with Crippen molar-refractivity contribution in [2.45, 2.75) is 59.3 Å². The molecule has 1 atom stereocenters. The van der Waals surface area contributed by atoms with Gasteiger partial charge in [-0.2, -0.15) is 5.10 Å². The van der Waals surface area contributed by atoms with Crippen LogP contribution < -0.4 is 5.32 Å². The molecule has 1 heterocycles. The van der Waals surface area contributed by atoms with Crippen molar-refractivity contribution in [3.05, 3.63) is 68.3 Å². The monoisotopic (exact) mass is 531 g/mol. The number of amides is 1. The van der Waals surface area contributed by atoms with Crippen LogP contribution in [0.3, 0.4) is 0 Å². The number of nitrogens with one attached hydrogen (secondary N) is 1. The first-order valence-electron chi connectivity index (χ1n) is 12.5. The Morgan fingerprint density at radius 3 is 2.46 bits per heavy atom. The second-order valence-corrected chi connectivity index (χ2v) is 10.8. The number of fused-ring (bicyclic) bond motifs is 3. The molecule has 35 heavy (non-hydrogen) atoms. The molecule has 1 aliphatic rings. The zero-order valence-electron chi connectivity index (χ0n) is 20.5. The molecule has 0 saturated heterocycles. The molecular weight excluding hydrogens is 501 g/mol. The molecule has 1 aromatic heterocycles. The van der Waals surface area contributed by atoms with Gasteiger partial charge < -0.3 is 5.32 Å². The lowest BCUT2D eigenvalue weighted by Crippen LogP contribution is -2.29. The fourth-order valence-corrected chi connectivity index (χ4v) is 5.59. The molecule has 4 rings (SSSR count). The number of hydrogen-bond donors (Lipinski definition) is 1. The average Bonchev–Trinajstić information content (AvgIpc) is 3.22. The summed E-state index contributed by atoms with van der Waals surface area (Å²) in [4.78, 5) is 13.4. The number of aromatic nitrogens is 2. The zero-order valence-corrected chi connectivity index (χ0v) is 22.8. The van der Waals surface area contributed by atoms with E-state index >= 15 is 0 Å². The Balaban J connectivity index is 1.65. The van der Waals surface area contributed by atoms with Gasteiger partial charge in [0.05, 0.1) is 16.4 Å². The summed E-state index contributed by atoms with van der Waals surface area (Å²) in [6, 6.07) is 11.2. The lowest BCUT2D eigenvalue weighted by Gasteiger charge is -2.19. The van der Waals surface area contributed by atoms with Gasteiger partial charge in [-0.05, 0) is 67.0 Å². The molecule has 0 bridgehead atoms. The summed E-state index contributed by atoms with van der Waals surface area (Å²) in [5.74, 6) is 1.02. The Bertz CT molecular complexity index is 1220. The highest BCUT2D eigenvalue weighted by Crippen LogP contribution is 2.39. The summed E-state index contributed by atoms with van der Waals surface area (Å²) >= 11 is 19.0. The van der Waals surface area contributed by atoms with Crippen LogP contribution in [-0.4, -0.2) is 22.2 Å². The predicted octanol–water partition coefficient (Wildman–Crippen LogP) is 8.18. The number of halogens is 3. The Kier molecular flexibility index (Phi) is 8.46. The van der Waals surface area contributed by atoms with Gasteiger partial charge in [0.2, 0.25) is 0 Å². The number of carbonyl (C=O) groups is 1. The maximum absolute atomic E-state index is 13.4. The van der Waals surface area contributed by atoms with Gasteiger partial charge in [-0.25, -0.2) is 4.68 Å². The molecule has 4 nitrogen and oxygen atoms in total. The van der Waals surface area contributed by atoms with Gasteiger partial charge in [-0.1, -0.05) is 80.9 Å². The third-order valence-electron chi connectivity index (χ3n) is 7.14. The zero-order chi connectivity index (χ0) is 25.1. The maximum atomic E-state index is 13.4. The van der Waals surface area contributed by atoms with Crippen molar-refractivity contribution in [2.75, 3.05) is 6.54 Å². The second-order valence-electron chi connectivity index (χ2n) is 9.56. The van der Waals surface area contributed by atoms with E-state index in [0.29, 0.717) is 45.3 Å². The molecule has 0 spiro atoms.